The van der Waals surface area contributed by atoms with Crippen LogP contribution in [0, 0.1) is 0 Å². The molecule has 17 heavy (non-hydrogen) atoms. The van der Waals surface area contributed by atoms with Crippen LogP contribution in [-0.2, 0) is 4.79 Å². The molecule has 1 aromatic carbocycles. The van der Waals surface area contributed by atoms with E-state index in [0.29, 0.717) is 31.0 Å². The third-order valence-corrected chi connectivity index (χ3v) is 2.61. The number of anilines is 1. The zero-order valence-electron chi connectivity index (χ0n) is 10.0. The predicted molar refractivity (Wildman–Crippen MR) is 72.5 cm³/mol. The van der Waals surface area contributed by atoms with E-state index in [0.717, 1.165) is 4.47 Å². The Morgan fingerprint density at radius 3 is 2.88 bits per heavy atom. The Labute approximate surface area is 110 Å². The summed E-state index contributed by atoms with van der Waals surface area (Å²) in [6.07, 6.45) is 0.443. The first-order valence-corrected chi connectivity index (χ1v) is 6.33. The number of hydrogen-bond donors (Lipinski definition) is 2. The zero-order valence-corrected chi connectivity index (χ0v) is 11.6. The molecule has 0 aliphatic carbocycles. The average molecular weight is 301 g/mol. The second kappa shape index (κ2) is 7.29. The summed E-state index contributed by atoms with van der Waals surface area (Å²) in [7, 11) is 1.82. The maximum atomic E-state index is 11.6. The Morgan fingerprint density at radius 1 is 1.47 bits per heavy atom. The molecule has 2 N–H and O–H groups in total. The van der Waals surface area contributed by atoms with E-state index < -0.39 is 0 Å². The minimum absolute atomic E-state index is 0.0253. The van der Waals surface area contributed by atoms with E-state index in [-0.39, 0.29) is 5.91 Å². The van der Waals surface area contributed by atoms with Gasteiger partial charge in [0.15, 0.2) is 0 Å². The molecule has 4 nitrogen and oxygen atoms in total. The van der Waals surface area contributed by atoms with Gasteiger partial charge in [-0.2, -0.15) is 0 Å². The third kappa shape index (κ3) is 4.75. The molecular formula is C12H17BrN2O2. The van der Waals surface area contributed by atoms with E-state index in [1.54, 1.807) is 0 Å². The normalized spacial score (nSPS) is 10.1. The van der Waals surface area contributed by atoms with E-state index in [1.807, 2.05) is 32.2 Å². The van der Waals surface area contributed by atoms with E-state index in [2.05, 4.69) is 26.6 Å². The van der Waals surface area contributed by atoms with Gasteiger partial charge in [0.25, 0.3) is 0 Å². The van der Waals surface area contributed by atoms with Gasteiger partial charge in [0, 0.05) is 17.4 Å². The summed E-state index contributed by atoms with van der Waals surface area (Å²) in [4.78, 5) is 11.6. The van der Waals surface area contributed by atoms with Crippen molar-refractivity contribution in [1.29, 1.82) is 0 Å². The first kappa shape index (κ1) is 14.0. The van der Waals surface area contributed by atoms with Crippen molar-refractivity contribution in [2.24, 2.45) is 0 Å². The summed E-state index contributed by atoms with van der Waals surface area (Å²) in [5, 5.41) is 5.77. The summed E-state index contributed by atoms with van der Waals surface area (Å²) in [6, 6.07) is 5.54. The van der Waals surface area contributed by atoms with Crippen molar-refractivity contribution >= 4 is 27.5 Å². The Balaban J connectivity index is 2.72. The lowest BCUT2D eigenvalue weighted by atomic mass is 10.2. The van der Waals surface area contributed by atoms with Crippen molar-refractivity contribution in [2.75, 3.05) is 25.5 Å². The molecule has 0 atom stereocenters. The van der Waals surface area contributed by atoms with Gasteiger partial charge in [0.1, 0.15) is 5.75 Å². The lowest BCUT2D eigenvalue weighted by molar-refractivity contribution is -0.116. The van der Waals surface area contributed by atoms with Gasteiger partial charge >= 0.3 is 0 Å². The van der Waals surface area contributed by atoms with Gasteiger partial charge < -0.3 is 15.4 Å². The van der Waals surface area contributed by atoms with Crippen LogP contribution in [0.25, 0.3) is 0 Å². The molecule has 1 rings (SSSR count). The van der Waals surface area contributed by atoms with E-state index >= 15 is 0 Å². The summed E-state index contributed by atoms with van der Waals surface area (Å²) < 4.78 is 6.39. The van der Waals surface area contributed by atoms with Crippen molar-refractivity contribution in [2.45, 2.75) is 13.3 Å². The number of benzene rings is 1. The largest absolute Gasteiger partial charge is 0.492 e. The molecule has 0 unspecified atom stereocenters. The van der Waals surface area contributed by atoms with Crippen molar-refractivity contribution in [1.82, 2.24) is 5.32 Å². The Bertz CT molecular complexity index is 383. The molecule has 0 heterocycles. The number of halogens is 1. The minimum atomic E-state index is -0.0253. The maximum absolute atomic E-state index is 11.6. The molecule has 1 aromatic rings. The number of carbonyl (C=O) groups excluding carboxylic acids is 1. The second-order valence-electron chi connectivity index (χ2n) is 3.48. The summed E-state index contributed by atoms with van der Waals surface area (Å²) in [5.41, 5.74) is 0.705. The molecule has 0 spiro atoms. The van der Waals surface area contributed by atoms with Crippen LogP contribution in [0.1, 0.15) is 13.3 Å². The molecule has 0 aliphatic rings. The fourth-order valence-corrected chi connectivity index (χ4v) is 1.67. The van der Waals surface area contributed by atoms with E-state index in [9.17, 15) is 4.79 Å². The van der Waals surface area contributed by atoms with Crippen LogP contribution in [0.2, 0.25) is 0 Å². The molecule has 0 fully saturated rings. The Hall–Kier alpha value is -1.07. The van der Waals surface area contributed by atoms with E-state index in [4.69, 9.17) is 4.74 Å². The van der Waals surface area contributed by atoms with E-state index in [1.165, 1.54) is 0 Å². The highest BCUT2D eigenvalue weighted by atomic mass is 79.9. The van der Waals surface area contributed by atoms with Gasteiger partial charge in [-0.05, 0) is 32.2 Å². The molecule has 0 aromatic heterocycles. The van der Waals surface area contributed by atoms with Crippen LogP contribution in [0.15, 0.2) is 22.7 Å². The van der Waals surface area contributed by atoms with Crippen molar-refractivity contribution < 1.29 is 9.53 Å². The zero-order chi connectivity index (χ0) is 12.7. The minimum Gasteiger partial charge on any atom is -0.492 e. The second-order valence-corrected chi connectivity index (χ2v) is 4.39. The molecule has 1 amide bonds. The SMILES string of the molecule is CCOc1cc(Br)ccc1NC(=O)CCNC. The summed E-state index contributed by atoms with van der Waals surface area (Å²) in [5.74, 6) is 0.655. The molecule has 0 radical (unpaired) electrons. The molecule has 0 aliphatic heterocycles. The lowest BCUT2D eigenvalue weighted by Crippen LogP contribution is -2.19. The standard InChI is InChI=1S/C12H17BrN2O2/c1-3-17-11-8-9(13)4-5-10(11)15-12(16)6-7-14-2/h4-5,8,14H,3,6-7H2,1-2H3,(H,15,16). The van der Waals surface area contributed by atoms with Gasteiger partial charge in [-0.25, -0.2) is 0 Å². The van der Waals surface area contributed by atoms with Crippen LogP contribution < -0.4 is 15.4 Å². The van der Waals surface area contributed by atoms with Crippen molar-refractivity contribution in [3.63, 3.8) is 0 Å². The molecular weight excluding hydrogens is 284 g/mol. The lowest BCUT2D eigenvalue weighted by Gasteiger charge is -2.11. The Morgan fingerprint density at radius 2 is 2.24 bits per heavy atom. The molecule has 5 heteroatoms. The fraction of sp³-hybridized carbons (Fsp3) is 0.417. The molecule has 94 valence electrons. The van der Waals surface area contributed by atoms with Crippen LogP contribution >= 0.6 is 15.9 Å². The van der Waals surface area contributed by atoms with Gasteiger partial charge in [0.05, 0.1) is 12.3 Å². The van der Waals surface area contributed by atoms with Gasteiger partial charge in [-0.15, -0.1) is 0 Å². The average Bonchev–Trinajstić information content (AvgIpc) is 2.30. The van der Waals surface area contributed by atoms with Crippen molar-refractivity contribution in [3.8, 4) is 5.75 Å². The van der Waals surface area contributed by atoms with Crippen LogP contribution in [0.4, 0.5) is 5.69 Å². The smallest absolute Gasteiger partial charge is 0.225 e. The highest BCUT2D eigenvalue weighted by Gasteiger charge is 2.07. The molecule has 0 saturated heterocycles. The quantitative estimate of drug-likeness (QED) is 0.848. The first-order valence-electron chi connectivity index (χ1n) is 5.54. The molecule has 0 bridgehead atoms. The number of ether oxygens (including phenoxy) is 1. The fourth-order valence-electron chi connectivity index (χ4n) is 1.33. The van der Waals surface area contributed by atoms with Crippen LogP contribution in [-0.4, -0.2) is 26.1 Å². The summed E-state index contributed by atoms with van der Waals surface area (Å²) in [6.45, 7) is 3.13. The first-order chi connectivity index (χ1) is 8.17. The highest BCUT2D eigenvalue weighted by molar-refractivity contribution is 9.10. The van der Waals surface area contributed by atoms with Crippen LogP contribution in [0.3, 0.4) is 0 Å². The summed E-state index contributed by atoms with van der Waals surface area (Å²) >= 11 is 3.37. The third-order valence-electron chi connectivity index (χ3n) is 2.12. The van der Waals surface area contributed by atoms with Crippen LogP contribution in [0.5, 0.6) is 5.75 Å². The molecule has 0 saturated carbocycles. The number of rotatable bonds is 6. The number of carbonyl (C=O) groups is 1. The van der Waals surface area contributed by atoms with Gasteiger partial charge in [-0.1, -0.05) is 15.9 Å². The topological polar surface area (TPSA) is 50.4 Å². The number of hydrogen-bond acceptors (Lipinski definition) is 3. The van der Waals surface area contributed by atoms with Gasteiger partial charge in [-0.3, -0.25) is 4.79 Å². The number of nitrogens with one attached hydrogen (secondary N) is 2. The maximum Gasteiger partial charge on any atom is 0.225 e. The highest BCUT2D eigenvalue weighted by Crippen LogP contribution is 2.28. The Kier molecular flexibility index (Phi) is 6.00. The van der Waals surface area contributed by atoms with Gasteiger partial charge in [0.2, 0.25) is 5.91 Å². The predicted octanol–water partition coefficient (Wildman–Crippen LogP) is 2.40. The monoisotopic (exact) mass is 300 g/mol. The van der Waals surface area contributed by atoms with Crippen molar-refractivity contribution in [3.05, 3.63) is 22.7 Å². The number of amides is 1.